The normalized spacial score (nSPS) is 13.6. The minimum Gasteiger partial charge on any atom is -0.294 e. The topological polar surface area (TPSA) is 51.2 Å². The standard InChI is InChI=1S/C18H12O3/c19-16(12-6-2-1-3-7-12)10-13-11-17(20)14-8-4-5-9-15(14)18(13)21/h1-9,11H,10H2. The number of ketones is 3. The van der Waals surface area contributed by atoms with E-state index in [1.54, 1.807) is 48.5 Å². The molecule has 0 aromatic heterocycles. The molecule has 0 saturated heterocycles. The zero-order chi connectivity index (χ0) is 14.8. The quantitative estimate of drug-likeness (QED) is 0.808. The van der Waals surface area contributed by atoms with Gasteiger partial charge in [-0.25, -0.2) is 0 Å². The van der Waals surface area contributed by atoms with E-state index in [1.807, 2.05) is 6.07 Å². The fraction of sp³-hybridized carbons (Fsp3) is 0.0556. The molecule has 3 heteroatoms. The molecule has 0 N–H and O–H groups in total. The van der Waals surface area contributed by atoms with Gasteiger partial charge in [-0.1, -0.05) is 54.6 Å². The lowest BCUT2D eigenvalue weighted by molar-refractivity contribution is 0.0948. The van der Waals surface area contributed by atoms with Gasteiger partial charge in [0, 0.05) is 28.7 Å². The smallest absolute Gasteiger partial charge is 0.190 e. The van der Waals surface area contributed by atoms with Gasteiger partial charge in [0.1, 0.15) is 0 Å². The number of allylic oxidation sites excluding steroid dienone is 2. The second-order valence-electron chi connectivity index (χ2n) is 4.87. The van der Waals surface area contributed by atoms with Crippen molar-refractivity contribution in [2.45, 2.75) is 6.42 Å². The zero-order valence-corrected chi connectivity index (χ0v) is 11.2. The number of rotatable bonds is 3. The van der Waals surface area contributed by atoms with Crippen molar-refractivity contribution < 1.29 is 14.4 Å². The van der Waals surface area contributed by atoms with Gasteiger partial charge in [0.15, 0.2) is 17.3 Å². The fourth-order valence-corrected chi connectivity index (χ4v) is 2.40. The molecule has 2 aromatic carbocycles. The minimum absolute atomic E-state index is 0.0527. The van der Waals surface area contributed by atoms with E-state index in [1.165, 1.54) is 6.08 Å². The summed E-state index contributed by atoms with van der Waals surface area (Å²) in [5.41, 5.74) is 1.57. The summed E-state index contributed by atoms with van der Waals surface area (Å²) in [6.07, 6.45) is 1.23. The third-order valence-electron chi connectivity index (χ3n) is 3.48. The van der Waals surface area contributed by atoms with Crippen LogP contribution in [0.2, 0.25) is 0 Å². The Hall–Kier alpha value is -2.81. The molecular formula is C18H12O3. The van der Waals surface area contributed by atoms with Crippen molar-refractivity contribution in [2.75, 3.05) is 0 Å². The van der Waals surface area contributed by atoms with Crippen LogP contribution in [0.15, 0.2) is 66.2 Å². The lowest BCUT2D eigenvalue weighted by atomic mass is 9.87. The molecule has 3 nitrogen and oxygen atoms in total. The van der Waals surface area contributed by atoms with Crippen molar-refractivity contribution in [1.82, 2.24) is 0 Å². The number of carbonyl (C=O) groups is 3. The van der Waals surface area contributed by atoms with Crippen LogP contribution in [0.4, 0.5) is 0 Å². The highest BCUT2D eigenvalue weighted by atomic mass is 16.1. The first-order valence-corrected chi connectivity index (χ1v) is 6.63. The van der Waals surface area contributed by atoms with E-state index in [0.717, 1.165) is 0 Å². The first kappa shape index (κ1) is 13.2. The van der Waals surface area contributed by atoms with Gasteiger partial charge in [-0.2, -0.15) is 0 Å². The number of carbonyl (C=O) groups excluding carboxylic acids is 3. The maximum Gasteiger partial charge on any atom is 0.190 e. The fourth-order valence-electron chi connectivity index (χ4n) is 2.40. The van der Waals surface area contributed by atoms with E-state index < -0.39 is 0 Å². The average molecular weight is 276 g/mol. The highest BCUT2D eigenvalue weighted by Crippen LogP contribution is 2.24. The Labute approximate surface area is 121 Å². The molecule has 0 atom stereocenters. The van der Waals surface area contributed by atoms with Crippen LogP contribution in [-0.4, -0.2) is 17.3 Å². The highest BCUT2D eigenvalue weighted by molar-refractivity contribution is 6.26. The number of fused-ring (bicyclic) bond motifs is 1. The molecule has 3 rings (SSSR count). The van der Waals surface area contributed by atoms with Crippen molar-refractivity contribution in [2.24, 2.45) is 0 Å². The molecule has 0 aliphatic heterocycles. The summed E-state index contributed by atoms with van der Waals surface area (Å²) in [4.78, 5) is 36.5. The maximum atomic E-state index is 12.4. The predicted octanol–water partition coefficient (Wildman–Crippen LogP) is 3.27. The Balaban J connectivity index is 1.90. The molecular weight excluding hydrogens is 264 g/mol. The summed E-state index contributed by atoms with van der Waals surface area (Å²) in [6, 6.07) is 15.4. The monoisotopic (exact) mass is 276 g/mol. The third kappa shape index (κ3) is 2.46. The Kier molecular flexibility index (Phi) is 3.32. The van der Waals surface area contributed by atoms with E-state index in [0.29, 0.717) is 16.7 Å². The van der Waals surface area contributed by atoms with Crippen molar-refractivity contribution in [1.29, 1.82) is 0 Å². The number of hydrogen-bond donors (Lipinski definition) is 0. The largest absolute Gasteiger partial charge is 0.294 e. The number of benzene rings is 2. The van der Waals surface area contributed by atoms with E-state index in [-0.39, 0.29) is 29.3 Å². The summed E-state index contributed by atoms with van der Waals surface area (Å²) >= 11 is 0. The Bertz CT molecular complexity index is 770. The van der Waals surface area contributed by atoms with Gasteiger partial charge in [-0.05, 0) is 6.08 Å². The summed E-state index contributed by atoms with van der Waals surface area (Å²) < 4.78 is 0. The molecule has 0 saturated carbocycles. The van der Waals surface area contributed by atoms with E-state index in [2.05, 4.69) is 0 Å². The molecule has 0 radical (unpaired) electrons. The van der Waals surface area contributed by atoms with Gasteiger partial charge in [0.05, 0.1) is 0 Å². The third-order valence-corrected chi connectivity index (χ3v) is 3.48. The molecule has 0 heterocycles. The molecule has 2 aromatic rings. The number of Topliss-reactive ketones (excluding diaryl/α,β-unsaturated/α-hetero) is 2. The summed E-state index contributed by atoms with van der Waals surface area (Å²) in [6.45, 7) is 0. The highest BCUT2D eigenvalue weighted by Gasteiger charge is 2.26. The summed E-state index contributed by atoms with van der Waals surface area (Å²) in [5.74, 6) is -0.627. The molecule has 0 fully saturated rings. The molecule has 1 aliphatic carbocycles. The predicted molar refractivity (Wildman–Crippen MR) is 78.6 cm³/mol. The lowest BCUT2D eigenvalue weighted by Crippen LogP contribution is -2.18. The van der Waals surface area contributed by atoms with Crippen LogP contribution in [0, 0.1) is 0 Å². The molecule has 21 heavy (non-hydrogen) atoms. The first-order valence-electron chi connectivity index (χ1n) is 6.63. The van der Waals surface area contributed by atoms with Crippen LogP contribution in [0.1, 0.15) is 37.5 Å². The van der Waals surface area contributed by atoms with Gasteiger partial charge >= 0.3 is 0 Å². The van der Waals surface area contributed by atoms with Gasteiger partial charge < -0.3 is 0 Å². The Morgan fingerprint density at radius 3 is 2.14 bits per heavy atom. The van der Waals surface area contributed by atoms with Gasteiger partial charge in [0.25, 0.3) is 0 Å². The van der Waals surface area contributed by atoms with Crippen molar-refractivity contribution in [3.05, 3.63) is 82.9 Å². The van der Waals surface area contributed by atoms with Crippen LogP contribution in [0.5, 0.6) is 0 Å². The van der Waals surface area contributed by atoms with Crippen LogP contribution in [-0.2, 0) is 0 Å². The van der Waals surface area contributed by atoms with Crippen molar-refractivity contribution in [3.63, 3.8) is 0 Å². The maximum absolute atomic E-state index is 12.4. The van der Waals surface area contributed by atoms with Gasteiger partial charge in [-0.15, -0.1) is 0 Å². The molecule has 102 valence electrons. The minimum atomic E-state index is -0.241. The zero-order valence-electron chi connectivity index (χ0n) is 11.2. The van der Waals surface area contributed by atoms with Crippen LogP contribution >= 0.6 is 0 Å². The first-order chi connectivity index (χ1) is 10.2. The van der Waals surface area contributed by atoms with Gasteiger partial charge in [0.2, 0.25) is 0 Å². The lowest BCUT2D eigenvalue weighted by Gasteiger charge is -2.14. The van der Waals surface area contributed by atoms with E-state index in [4.69, 9.17) is 0 Å². The Morgan fingerprint density at radius 2 is 1.43 bits per heavy atom. The van der Waals surface area contributed by atoms with Crippen molar-refractivity contribution in [3.8, 4) is 0 Å². The summed E-state index contributed by atoms with van der Waals surface area (Å²) in [7, 11) is 0. The second kappa shape index (κ2) is 5.29. The molecule has 0 amide bonds. The van der Waals surface area contributed by atoms with E-state index in [9.17, 15) is 14.4 Å². The van der Waals surface area contributed by atoms with Crippen molar-refractivity contribution >= 4 is 17.3 Å². The van der Waals surface area contributed by atoms with Crippen LogP contribution in [0.25, 0.3) is 0 Å². The van der Waals surface area contributed by atoms with Crippen LogP contribution in [0.3, 0.4) is 0 Å². The SMILES string of the molecule is O=C(CC1=CC(=O)c2ccccc2C1=O)c1ccccc1. The van der Waals surface area contributed by atoms with Crippen LogP contribution < -0.4 is 0 Å². The average Bonchev–Trinajstić information content (AvgIpc) is 2.53. The molecule has 0 bridgehead atoms. The molecule has 0 spiro atoms. The Morgan fingerprint density at radius 1 is 0.810 bits per heavy atom. The second-order valence-corrected chi connectivity index (χ2v) is 4.87. The molecule has 1 aliphatic rings. The van der Waals surface area contributed by atoms with Gasteiger partial charge in [-0.3, -0.25) is 14.4 Å². The number of hydrogen-bond acceptors (Lipinski definition) is 3. The summed E-state index contributed by atoms with van der Waals surface area (Å²) in [5, 5.41) is 0. The molecule has 0 unspecified atom stereocenters. The van der Waals surface area contributed by atoms with E-state index >= 15 is 0 Å².